The lowest BCUT2D eigenvalue weighted by Gasteiger charge is -2.37. The van der Waals surface area contributed by atoms with Crippen molar-refractivity contribution in [2.45, 2.75) is 83.2 Å². The van der Waals surface area contributed by atoms with E-state index in [1.54, 1.807) is 0 Å². The Labute approximate surface area is 123 Å². The highest BCUT2D eigenvalue weighted by atomic mass is 16.2. The van der Waals surface area contributed by atoms with Crippen molar-refractivity contribution in [1.29, 1.82) is 0 Å². The van der Waals surface area contributed by atoms with Crippen molar-refractivity contribution in [2.75, 3.05) is 13.1 Å². The highest BCUT2D eigenvalue weighted by Gasteiger charge is 2.45. The summed E-state index contributed by atoms with van der Waals surface area (Å²) in [6, 6.07) is 1.11. The molecule has 3 heteroatoms. The Balaban J connectivity index is 1.67. The molecule has 3 nitrogen and oxygen atoms in total. The van der Waals surface area contributed by atoms with Gasteiger partial charge in [-0.25, -0.2) is 0 Å². The summed E-state index contributed by atoms with van der Waals surface area (Å²) in [6.07, 6.45) is 12.1. The number of nitrogens with zero attached hydrogens (tertiary/aromatic N) is 1. The Morgan fingerprint density at radius 1 is 1.15 bits per heavy atom. The second-order valence-electron chi connectivity index (χ2n) is 7.18. The van der Waals surface area contributed by atoms with Gasteiger partial charge in [0.05, 0.1) is 0 Å². The largest absolute Gasteiger partial charge is 0.338 e. The van der Waals surface area contributed by atoms with Gasteiger partial charge in [-0.3, -0.25) is 4.79 Å². The minimum atomic E-state index is -0.00272. The molecule has 3 fully saturated rings. The molecule has 1 amide bonds. The Hall–Kier alpha value is -0.570. The third-order valence-electron chi connectivity index (χ3n) is 5.77. The predicted octanol–water partition coefficient (Wildman–Crippen LogP) is 3.09. The van der Waals surface area contributed by atoms with E-state index >= 15 is 0 Å². The first-order valence-corrected chi connectivity index (χ1v) is 8.80. The van der Waals surface area contributed by atoms with Crippen LogP contribution in [0, 0.1) is 5.41 Å². The van der Waals surface area contributed by atoms with Crippen molar-refractivity contribution in [2.24, 2.45) is 5.41 Å². The maximum absolute atomic E-state index is 13.2. The molecule has 0 spiro atoms. The highest BCUT2D eigenvalue weighted by Crippen LogP contribution is 2.44. The molecular formula is C17H30N2O. The molecule has 1 heterocycles. The second kappa shape index (κ2) is 6.05. The first-order valence-electron chi connectivity index (χ1n) is 8.80. The van der Waals surface area contributed by atoms with Crippen LogP contribution < -0.4 is 5.32 Å². The Bertz CT molecular complexity index is 339. The molecule has 0 aromatic heterocycles. The zero-order valence-corrected chi connectivity index (χ0v) is 13.0. The fourth-order valence-corrected chi connectivity index (χ4v) is 4.18. The van der Waals surface area contributed by atoms with Crippen molar-refractivity contribution in [3.8, 4) is 0 Å². The van der Waals surface area contributed by atoms with Gasteiger partial charge in [0.25, 0.3) is 0 Å². The summed E-state index contributed by atoms with van der Waals surface area (Å²) in [5.41, 5.74) is -0.00272. The first-order chi connectivity index (χ1) is 9.75. The van der Waals surface area contributed by atoms with Crippen LogP contribution >= 0.6 is 0 Å². The molecule has 1 aliphatic heterocycles. The molecule has 3 rings (SSSR count). The molecule has 0 radical (unpaired) electrons. The lowest BCUT2D eigenvalue weighted by atomic mass is 9.81. The van der Waals surface area contributed by atoms with Crippen molar-refractivity contribution in [1.82, 2.24) is 10.2 Å². The van der Waals surface area contributed by atoms with Crippen LogP contribution in [0.15, 0.2) is 0 Å². The lowest BCUT2D eigenvalue weighted by molar-refractivity contribution is -0.143. The maximum atomic E-state index is 13.2. The molecule has 114 valence electrons. The van der Waals surface area contributed by atoms with Crippen molar-refractivity contribution in [3.63, 3.8) is 0 Å². The predicted molar refractivity (Wildman–Crippen MR) is 81.6 cm³/mol. The number of rotatable bonds is 5. The van der Waals surface area contributed by atoms with Gasteiger partial charge in [-0.15, -0.1) is 0 Å². The number of hydrogen-bond donors (Lipinski definition) is 1. The number of nitrogens with one attached hydrogen (secondary N) is 1. The highest BCUT2D eigenvalue weighted by molar-refractivity contribution is 5.83. The van der Waals surface area contributed by atoms with Crippen LogP contribution in [0.2, 0.25) is 0 Å². The van der Waals surface area contributed by atoms with Crippen LogP contribution in [0.4, 0.5) is 0 Å². The minimum absolute atomic E-state index is 0.00272. The van der Waals surface area contributed by atoms with E-state index in [0.29, 0.717) is 18.0 Å². The normalized spacial score (nSPS) is 29.4. The monoisotopic (exact) mass is 278 g/mol. The Morgan fingerprint density at radius 3 is 2.45 bits per heavy atom. The van der Waals surface area contributed by atoms with Gasteiger partial charge in [-0.2, -0.15) is 0 Å². The number of piperidine rings is 1. The van der Waals surface area contributed by atoms with Gasteiger partial charge in [-0.1, -0.05) is 26.2 Å². The summed E-state index contributed by atoms with van der Waals surface area (Å²) in [7, 11) is 0. The standard InChI is InChI=1S/C17H30N2O/c1-2-17(10-4-5-11-17)16(20)19(15-8-9-15)13-14-7-3-6-12-18-14/h14-15,18H,2-13H2,1H3. The summed E-state index contributed by atoms with van der Waals surface area (Å²) in [4.78, 5) is 15.4. The molecule has 2 aliphatic carbocycles. The molecular weight excluding hydrogens is 248 g/mol. The Kier molecular flexibility index (Phi) is 4.34. The maximum Gasteiger partial charge on any atom is 0.229 e. The van der Waals surface area contributed by atoms with Crippen molar-refractivity contribution >= 4 is 5.91 Å². The molecule has 20 heavy (non-hydrogen) atoms. The minimum Gasteiger partial charge on any atom is -0.338 e. The van der Waals surface area contributed by atoms with Gasteiger partial charge in [0, 0.05) is 24.0 Å². The van der Waals surface area contributed by atoms with Crippen LogP contribution in [0.25, 0.3) is 0 Å². The molecule has 2 saturated carbocycles. The zero-order valence-electron chi connectivity index (χ0n) is 13.0. The summed E-state index contributed by atoms with van der Waals surface area (Å²) in [5, 5.41) is 3.61. The van der Waals surface area contributed by atoms with Gasteiger partial charge < -0.3 is 10.2 Å². The van der Waals surface area contributed by atoms with E-state index in [1.807, 2.05) is 0 Å². The number of hydrogen-bond acceptors (Lipinski definition) is 2. The summed E-state index contributed by atoms with van der Waals surface area (Å²) >= 11 is 0. The molecule has 1 atom stereocenters. The van der Waals surface area contributed by atoms with E-state index in [-0.39, 0.29) is 5.41 Å². The molecule has 1 N–H and O–H groups in total. The molecule has 0 bridgehead atoms. The topological polar surface area (TPSA) is 32.3 Å². The van der Waals surface area contributed by atoms with Crippen LogP contribution in [-0.4, -0.2) is 36.0 Å². The number of amides is 1. The van der Waals surface area contributed by atoms with E-state index in [2.05, 4.69) is 17.1 Å². The number of carbonyl (C=O) groups excluding carboxylic acids is 1. The Morgan fingerprint density at radius 2 is 1.90 bits per heavy atom. The molecule has 0 aromatic carbocycles. The summed E-state index contributed by atoms with van der Waals surface area (Å²) in [5.74, 6) is 0.493. The first kappa shape index (κ1) is 14.4. The third kappa shape index (κ3) is 2.88. The molecule has 0 aromatic rings. The molecule has 3 aliphatic rings. The summed E-state index contributed by atoms with van der Waals surface area (Å²) in [6.45, 7) is 4.31. The van der Waals surface area contributed by atoms with E-state index in [0.717, 1.165) is 32.4 Å². The third-order valence-corrected chi connectivity index (χ3v) is 5.77. The average Bonchev–Trinajstić information content (AvgIpc) is 3.22. The quantitative estimate of drug-likeness (QED) is 0.838. The van der Waals surface area contributed by atoms with Crippen LogP contribution in [0.5, 0.6) is 0 Å². The fourth-order valence-electron chi connectivity index (χ4n) is 4.18. The van der Waals surface area contributed by atoms with Gasteiger partial charge in [-0.05, 0) is 51.5 Å². The smallest absolute Gasteiger partial charge is 0.229 e. The lowest BCUT2D eigenvalue weighted by Crippen LogP contribution is -2.50. The van der Waals surface area contributed by atoms with Crippen LogP contribution in [0.3, 0.4) is 0 Å². The molecule has 1 unspecified atom stereocenters. The van der Waals surface area contributed by atoms with Gasteiger partial charge >= 0.3 is 0 Å². The second-order valence-corrected chi connectivity index (χ2v) is 7.18. The summed E-state index contributed by atoms with van der Waals surface area (Å²) < 4.78 is 0. The SMILES string of the molecule is CCC1(C(=O)N(CC2CCCCN2)C2CC2)CCCC1. The van der Waals surface area contributed by atoms with Crippen molar-refractivity contribution < 1.29 is 4.79 Å². The van der Waals surface area contributed by atoms with Gasteiger partial charge in [0.15, 0.2) is 0 Å². The van der Waals surface area contributed by atoms with Gasteiger partial charge in [0.2, 0.25) is 5.91 Å². The zero-order chi connectivity index (χ0) is 14.0. The van der Waals surface area contributed by atoms with Crippen LogP contribution in [-0.2, 0) is 4.79 Å². The van der Waals surface area contributed by atoms with E-state index in [9.17, 15) is 4.79 Å². The van der Waals surface area contributed by atoms with Crippen LogP contribution in [0.1, 0.15) is 71.1 Å². The fraction of sp³-hybridized carbons (Fsp3) is 0.941. The van der Waals surface area contributed by atoms with E-state index in [4.69, 9.17) is 0 Å². The average molecular weight is 278 g/mol. The van der Waals surface area contributed by atoms with Crippen molar-refractivity contribution in [3.05, 3.63) is 0 Å². The number of carbonyl (C=O) groups is 1. The molecule has 1 saturated heterocycles. The van der Waals surface area contributed by atoms with E-state index in [1.165, 1.54) is 44.9 Å². The van der Waals surface area contributed by atoms with E-state index < -0.39 is 0 Å². The van der Waals surface area contributed by atoms with Gasteiger partial charge in [0.1, 0.15) is 0 Å².